The summed E-state index contributed by atoms with van der Waals surface area (Å²) in [7, 11) is 0. The van der Waals surface area contributed by atoms with E-state index in [0.29, 0.717) is 13.0 Å². The number of nitrogens with zero attached hydrogens (tertiary/aromatic N) is 2. The molecule has 1 aromatic heterocycles. The molecule has 6 nitrogen and oxygen atoms in total. The number of aliphatic hydroxyl groups excluding tert-OH is 1. The fourth-order valence-corrected chi connectivity index (χ4v) is 3.41. The van der Waals surface area contributed by atoms with E-state index in [-0.39, 0.29) is 12.1 Å². The maximum Gasteiger partial charge on any atom is 0.315 e. The van der Waals surface area contributed by atoms with Crippen LogP contribution in [0, 0.1) is 13.8 Å². The van der Waals surface area contributed by atoms with Gasteiger partial charge in [-0.2, -0.15) is 5.10 Å². The van der Waals surface area contributed by atoms with E-state index in [1.807, 2.05) is 49.7 Å². The van der Waals surface area contributed by atoms with Crippen LogP contribution in [0.2, 0.25) is 0 Å². The van der Waals surface area contributed by atoms with Gasteiger partial charge in [0.1, 0.15) is 0 Å². The van der Waals surface area contributed by atoms with E-state index in [9.17, 15) is 9.90 Å². The summed E-state index contributed by atoms with van der Waals surface area (Å²) >= 11 is 0. The van der Waals surface area contributed by atoms with Crippen LogP contribution in [-0.2, 0) is 19.5 Å². The third-order valence-corrected chi connectivity index (χ3v) is 4.75. The highest BCUT2D eigenvalue weighted by molar-refractivity contribution is 5.75. The average Bonchev–Trinajstić information content (AvgIpc) is 3.02. The van der Waals surface area contributed by atoms with Crippen molar-refractivity contribution in [1.29, 1.82) is 0 Å². The second-order valence-corrected chi connectivity index (χ2v) is 6.24. The molecule has 24 heavy (non-hydrogen) atoms. The molecule has 0 saturated carbocycles. The normalized spacial score (nSPS) is 19.2. The smallest absolute Gasteiger partial charge is 0.315 e. The third kappa shape index (κ3) is 3.01. The van der Waals surface area contributed by atoms with Gasteiger partial charge in [0.15, 0.2) is 0 Å². The molecule has 6 heteroatoms. The topological polar surface area (TPSA) is 79.2 Å². The minimum atomic E-state index is -0.584. The van der Waals surface area contributed by atoms with Gasteiger partial charge in [0.25, 0.3) is 0 Å². The van der Waals surface area contributed by atoms with Gasteiger partial charge in [-0.15, -0.1) is 0 Å². The molecule has 0 aliphatic heterocycles. The standard InChI is InChI=1S/C18H24N4O2/c1-4-22-12(3)15(11(2)21-22)10-19-18(24)20-17-14-8-6-5-7-13(14)9-16(17)23/h5-8,16-17,23H,4,9-10H2,1-3H3,(H2,19,20,24)/t16-,17+/m0/s1. The first-order chi connectivity index (χ1) is 11.5. The number of urea groups is 1. The number of aromatic nitrogens is 2. The van der Waals surface area contributed by atoms with E-state index in [1.54, 1.807) is 0 Å². The van der Waals surface area contributed by atoms with Crippen LogP contribution in [0.25, 0.3) is 0 Å². The zero-order chi connectivity index (χ0) is 17.3. The van der Waals surface area contributed by atoms with Gasteiger partial charge in [-0.05, 0) is 31.9 Å². The number of carbonyl (C=O) groups is 1. The van der Waals surface area contributed by atoms with E-state index >= 15 is 0 Å². The molecule has 0 radical (unpaired) electrons. The van der Waals surface area contributed by atoms with Gasteiger partial charge < -0.3 is 15.7 Å². The summed E-state index contributed by atoms with van der Waals surface area (Å²) < 4.78 is 1.93. The van der Waals surface area contributed by atoms with Gasteiger partial charge >= 0.3 is 6.03 Å². The molecule has 0 bridgehead atoms. The maximum absolute atomic E-state index is 12.3. The Morgan fingerprint density at radius 3 is 2.83 bits per heavy atom. The van der Waals surface area contributed by atoms with Crippen LogP contribution in [0.1, 0.15) is 41.0 Å². The summed E-state index contributed by atoms with van der Waals surface area (Å²) in [4.78, 5) is 12.3. The Labute approximate surface area is 141 Å². The lowest BCUT2D eigenvalue weighted by Gasteiger charge is -2.18. The summed E-state index contributed by atoms with van der Waals surface area (Å²) in [6.07, 6.45) is -0.0118. The molecule has 1 aliphatic carbocycles. The highest BCUT2D eigenvalue weighted by Crippen LogP contribution is 2.31. The number of aliphatic hydroxyl groups is 1. The van der Waals surface area contributed by atoms with Crippen molar-refractivity contribution in [2.24, 2.45) is 0 Å². The van der Waals surface area contributed by atoms with Crippen LogP contribution in [0.4, 0.5) is 4.79 Å². The van der Waals surface area contributed by atoms with Crippen molar-refractivity contribution in [1.82, 2.24) is 20.4 Å². The first-order valence-electron chi connectivity index (χ1n) is 8.34. The second kappa shape index (κ2) is 6.65. The molecule has 0 saturated heterocycles. The molecule has 2 aromatic rings. The van der Waals surface area contributed by atoms with Crippen molar-refractivity contribution < 1.29 is 9.90 Å². The number of fused-ring (bicyclic) bond motifs is 1. The Morgan fingerprint density at radius 1 is 1.38 bits per heavy atom. The zero-order valence-corrected chi connectivity index (χ0v) is 14.3. The van der Waals surface area contributed by atoms with Crippen molar-refractivity contribution in [3.63, 3.8) is 0 Å². The molecule has 1 aromatic carbocycles. The molecule has 0 unspecified atom stereocenters. The summed E-state index contributed by atoms with van der Waals surface area (Å²) in [5.41, 5.74) is 5.12. The Morgan fingerprint density at radius 2 is 2.12 bits per heavy atom. The Balaban J connectivity index is 1.64. The minimum absolute atomic E-state index is 0.279. The first-order valence-corrected chi connectivity index (χ1v) is 8.34. The molecule has 2 amide bonds. The second-order valence-electron chi connectivity index (χ2n) is 6.24. The number of aryl methyl sites for hydroxylation is 2. The molecule has 128 valence electrons. The van der Waals surface area contributed by atoms with Crippen molar-refractivity contribution in [2.45, 2.75) is 52.4 Å². The molecule has 0 fully saturated rings. The average molecular weight is 328 g/mol. The first kappa shape index (κ1) is 16.5. The van der Waals surface area contributed by atoms with Gasteiger partial charge in [-0.3, -0.25) is 4.68 Å². The lowest BCUT2D eigenvalue weighted by molar-refractivity contribution is 0.142. The molecule has 1 heterocycles. The van der Waals surface area contributed by atoms with Crippen molar-refractivity contribution in [3.05, 3.63) is 52.3 Å². The quantitative estimate of drug-likeness (QED) is 0.803. The van der Waals surface area contributed by atoms with E-state index in [4.69, 9.17) is 0 Å². The summed E-state index contributed by atoms with van der Waals surface area (Å²) in [6, 6.07) is 7.18. The largest absolute Gasteiger partial charge is 0.390 e. The van der Waals surface area contributed by atoms with Crippen molar-refractivity contribution in [2.75, 3.05) is 0 Å². The van der Waals surface area contributed by atoms with Gasteiger partial charge in [0.2, 0.25) is 0 Å². The van der Waals surface area contributed by atoms with Crippen molar-refractivity contribution >= 4 is 6.03 Å². The molecule has 2 atom stereocenters. The zero-order valence-electron chi connectivity index (χ0n) is 14.3. The lowest BCUT2D eigenvalue weighted by atomic mass is 10.1. The lowest BCUT2D eigenvalue weighted by Crippen LogP contribution is -2.40. The summed E-state index contributed by atoms with van der Waals surface area (Å²) in [6.45, 7) is 7.24. The van der Waals surface area contributed by atoms with Crippen LogP contribution in [0.3, 0.4) is 0 Å². The highest BCUT2D eigenvalue weighted by atomic mass is 16.3. The third-order valence-electron chi connectivity index (χ3n) is 4.75. The summed E-state index contributed by atoms with van der Waals surface area (Å²) in [5.74, 6) is 0. The molecule has 0 spiro atoms. The van der Waals surface area contributed by atoms with Gasteiger partial charge in [0.05, 0.1) is 17.8 Å². The Kier molecular flexibility index (Phi) is 4.57. The molecular weight excluding hydrogens is 304 g/mol. The number of hydrogen-bond donors (Lipinski definition) is 3. The number of nitrogens with one attached hydrogen (secondary N) is 2. The highest BCUT2D eigenvalue weighted by Gasteiger charge is 2.31. The monoisotopic (exact) mass is 328 g/mol. The van der Waals surface area contributed by atoms with Crippen LogP contribution in [0.15, 0.2) is 24.3 Å². The molecule has 1 aliphatic rings. The van der Waals surface area contributed by atoms with Gasteiger partial charge in [-0.25, -0.2) is 4.79 Å². The number of carbonyl (C=O) groups excluding carboxylic acids is 1. The van der Waals surface area contributed by atoms with Crippen LogP contribution in [0.5, 0.6) is 0 Å². The SMILES string of the molecule is CCn1nc(C)c(CNC(=O)N[C@@H]2c3ccccc3C[C@@H]2O)c1C. The number of benzene rings is 1. The number of hydrogen-bond acceptors (Lipinski definition) is 3. The predicted octanol–water partition coefficient (Wildman–Crippen LogP) is 1.98. The Bertz CT molecular complexity index is 753. The molecule has 3 N–H and O–H groups in total. The van der Waals surface area contributed by atoms with E-state index < -0.39 is 6.10 Å². The van der Waals surface area contributed by atoms with Gasteiger partial charge in [0, 0.05) is 30.8 Å². The number of rotatable bonds is 4. The summed E-state index contributed by atoms with van der Waals surface area (Å²) in [5, 5.41) is 20.4. The fraction of sp³-hybridized carbons (Fsp3) is 0.444. The van der Waals surface area contributed by atoms with Crippen LogP contribution >= 0.6 is 0 Å². The van der Waals surface area contributed by atoms with E-state index in [1.165, 1.54) is 0 Å². The van der Waals surface area contributed by atoms with E-state index in [0.717, 1.165) is 34.6 Å². The predicted molar refractivity (Wildman–Crippen MR) is 91.6 cm³/mol. The van der Waals surface area contributed by atoms with Crippen LogP contribution < -0.4 is 10.6 Å². The van der Waals surface area contributed by atoms with E-state index in [2.05, 4.69) is 15.7 Å². The van der Waals surface area contributed by atoms with Gasteiger partial charge in [-0.1, -0.05) is 24.3 Å². The Hall–Kier alpha value is -2.34. The molecular formula is C18H24N4O2. The fourth-order valence-electron chi connectivity index (χ4n) is 3.41. The number of amides is 2. The van der Waals surface area contributed by atoms with Crippen LogP contribution in [-0.4, -0.2) is 27.0 Å². The van der Waals surface area contributed by atoms with Crippen molar-refractivity contribution in [3.8, 4) is 0 Å². The maximum atomic E-state index is 12.3. The minimum Gasteiger partial charge on any atom is -0.390 e. The molecule has 3 rings (SSSR count).